The standard InChI is InChI=1S/C23H24N2O2/c1-17-4-3-5-20(14-17)16-27-23-12-6-19(7-13-23)15-24-21-8-10-22(11-9-21)25-18(2)26/h3-14,24H,15-16H2,1-2H3,(H,25,26). The molecule has 3 rings (SSSR count). The normalized spacial score (nSPS) is 10.3. The van der Waals surface area contributed by atoms with Crippen molar-refractivity contribution >= 4 is 17.3 Å². The minimum absolute atomic E-state index is 0.0691. The molecule has 0 aliphatic rings. The van der Waals surface area contributed by atoms with Gasteiger partial charge in [-0.25, -0.2) is 0 Å². The third-order valence-electron chi connectivity index (χ3n) is 4.11. The molecule has 0 saturated heterocycles. The second kappa shape index (κ2) is 8.90. The van der Waals surface area contributed by atoms with Gasteiger partial charge in [-0.3, -0.25) is 4.79 Å². The molecular formula is C23H24N2O2. The third kappa shape index (κ3) is 5.89. The molecule has 0 saturated carbocycles. The quantitative estimate of drug-likeness (QED) is 0.613. The Morgan fingerprint density at radius 2 is 1.59 bits per heavy atom. The van der Waals surface area contributed by atoms with E-state index in [0.29, 0.717) is 6.61 Å². The van der Waals surface area contributed by atoms with Crippen LogP contribution in [0.4, 0.5) is 11.4 Å². The van der Waals surface area contributed by atoms with Gasteiger partial charge in [0, 0.05) is 24.8 Å². The molecule has 0 heterocycles. The maximum absolute atomic E-state index is 11.0. The van der Waals surface area contributed by atoms with Gasteiger partial charge < -0.3 is 15.4 Å². The zero-order chi connectivity index (χ0) is 19.1. The zero-order valence-electron chi connectivity index (χ0n) is 15.7. The van der Waals surface area contributed by atoms with Gasteiger partial charge in [-0.15, -0.1) is 0 Å². The summed E-state index contributed by atoms with van der Waals surface area (Å²) < 4.78 is 5.85. The van der Waals surface area contributed by atoms with Gasteiger partial charge in [0.05, 0.1) is 0 Å². The molecule has 0 aromatic heterocycles. The van der Waals surface area contributed by atoms with E-state index in [1.54, 1.807) is 0 Å². The second-order valence-corrected chi connectivity index (χ2v) is 6.53. The lowest BCUT2D eigenvalue weighted by Crippen LogP contribution is -2.05. The summed E-state index contributed by atoms with van der Waals surface area (Å²) in [6.45, 7) is 4.87. The lowest BCUT2D eigenvalue weighted by atomic mass is 10.1. The molecule has 4 heteroatoms. The summed E-state index contributed by atoms with van der Waals surface area (Å²) in [6, 6.07) is 24.1. The molecule has 0 spiro atoms. The molecule has 0 unspecified atom stereocenters. The number of carbonyl (C=O) groups is 1. The van der Waals surface area contributed by atoms with E-state index in [-0.39, 0.29) is 5.91 Å². The lowest BCUT2D eigenvalue weighted by molar-refractivity contribution is -0.114. The SMILES string of the molecule is CC(=O)Nc1ccc(NCc2ccc(OCc3cccc(C)c3)cc2)cc1. The van der Waals surface area contributed by atoms with Crippen LogP contribution in [0.3, 0.4) is 0 Å². The monoisotopic (exact) mass is 360 g/mol. The van der Waals surface area contributed by atoms with Crippen LogP contribution in [0.25, 0.3) is 0 Å². The molecule has 0 radical (unpaired) electrons. The highest BCUT2D eigenvalue weighted by Crippen LogP contribution is 2.17. The maximum atomic E-state index is 11.0. The van der Waals surface area contributed by atoms with Crippen molar-refractivity contribution in [3.8, 4) is 5.75 Å². The lowest BCUT2D eigenvalue weighted by Gasteiger charge is -2.10. The first-order valence-corrected chi connectivity index (χ1v) is 8.97. The van der Waals surface area contributed by atoms with Crippen LogP contribution in [-0.2, 0) is 17.9 Å². The van der Waals surface area contributed by atoms with Gasteiger partial charge in [0.25, 0.3) is 0 Å². The Morgan fingerprint density at radius 1 is 0.889 bits per heavy atom. The summed E-state index contributed by atoms with van der Waals surface area (Å²) in [7, 11) is 0. The van der Waals surface area contributed by atoms with E-state index in [1.165, 1.54) is 23.6 Å². The van der Waals surface area contributed by atoms with Crippen LogP contribution in [0, 0.1) is 6.92 Å². The number of amides is 1. The predicted molar refractivity (Wildman–Crippen MR) is 110 cm³/mol. The molecule has 0 aliphatic carbocycles. The van der Waals surface area contributed by atoms with Crippen molar-refractivity contribution in [1.82, 2.24) is 0 Å². The topological polar surface area (TPSA) is 50.4 Å². The minimum atomic E-state index is -0.0691. The molecule has 3 aromatic carbocycles. The van der Waals surface area contributed by atoms with Crippen LogP contribution in [0.1, 0.15) is 23.6 Å². The fraction of sp³-hybridized carbons (Fsp3) is 0.174. The number of rotatable bonds is 7. The largest absolute Gasteiger partial charge is 0.489 e. The van der Waals surface area contributed by atoms with Crippen molar-refractivity contribution in [3.63, 3.8) is 0 Å². The van der Waals surface area contributed by atoms with Crippen molar-refractivity contribution in [2.75, 3.05) is 10.6 Å². The minimum Gasteiger partial charge on any atom is -0.489 e. The van der Waals surface area contributed by atoms with Crippen molar-refractivity contribution in [1.29, 1.82) is 0 Å². The molecule has 0 atom stereocenters. The number of anilines is 2. The number of benzene rings is 3. The Bertz CT molecular complexity index is 887. The molecule has 0 aliphatic heterocycles. The molecule has 4 nitrogen and oxygen atoms in total. The van der Waals surface area contributed by atoms with Crippen molar-refractivity contribution < 1.29 is 9.53 Å². The second-order valence-electron chi connectivity index (χ2n) is 6.53. The summed E-state index contributed by atoms with van der Waals surface area (Å²) in [5, 5.41) is 6.13. The van der Waals surface area contributed by atoms with Gasteiger partial charge in [-0.1, -0.05) is 42.0 Å². The fourth-order valence-corrected chi connectivity index (χ4v) is 2.75. The Balaban J connectivity index is 1.49. The molecule has 0 fully saturated rings. The van der Waals surface area contributed by atoms with E-state index >= 15 is 0 Å². The average Bonchev–Trinajstić information content (AvgIpc) is 2.66. The third-order valence-corrected chi connectivity index (χ3v) is 4.11. The van der Waals surface area contributed by atoms with E-state index < -0.39 is 0 Å². The van der Waals surface area contributed by atoms with Crippen LogP contribution < -0.4 is 15.4 Å². The van der Waals surface area contributed by atoms with Gasteiger partial charge in [-0.2, -0.15) is 0 Å². The van der Waals surface area contributed by atoms with Crippen LogP contribution >= 0.6 is 0 Å². The highest BCUT2D eigenvalue weighted by atomic mass is 16.5. The van der Waals surface area contributed by atoms with Crippen LogP contribution in [0.15, 0.2) is 72.8 Å². The average molecular weight is 360 g/mol. The van der Waals surface area contributed by atoms with Crippen LogP contribution in [0.2, 0.25) is 0 Å². The Hall–Kier alpha value is -3.27. The molecular weight excluding hydrogens is 336 g/mol. The zero-order valence-corrected chi connectivity index (χ0v) is 15.7. The number of hydrogen-bond donors (Lipinski definition) is 2. The van der Waals surface area contributed by atoms with Crippen molar-refractivity contribution in [2.45, 2.75) is 27.0 Å². The van der Waals surface area contributed by atoms with Gasteiger partial charge >= 0.3 is 0 Å². The summed E-state index contributed by atoms with van der Waals surface area (Å²) >= 11 is 0. The number of hydrogen-bond acceptors (Lipinski definition) is 3. The summed E-state index contributed by atoms with van der Waals surface area (Å²) in [4.78, 5) is 11.0. The Labute approximate surface area is 160 Å². The smallest absolute Gasteiger partial charge is 0.221 e. The fourth-order valence-electron chi connectivity index (χ4n) is 2.75. The highest BCUT2D eigenvalue weighted by Gasteiger charge is 2.00. The van der Waals surface area contributed by atoms with Crippen LogP contribution in [0.5, 0.6) is 5.75 Å². The number of ether oxygens (including phenoxy) is 1. The van der Waals surface area contributed by atoms with Crippen molar-refractivity contribution in [3.05, 3.63) is 89.5 Å². The number of carbonyl (C=O) groups excluding carboxylic acids is 1. The maximum Gasteiger partial charge on any atom is 0.221 e. The molecule has 3 aromatic rings. The van der Waals surface area contributed by atoms with Crippen molar-refractivity contribution in [2.24, 2.45) is 0 Å². The van der Waals surface area contributed by atoms with Gasteiger partial charge in [-0.05, 0) is 54.4 Å². The number of nitrogens with one attached hydrogen (secondary N) is 2. The Kier molecular flexibility index (Phi) is 6.10. The molecule has 1 amide bonds. The summed E-state index contributed by atoms with van der Waals surface area (Å²) in [6.07, 6.45) is 0. The number of aryl methyl sites for hydroxylation is 1. The van der Waals surface area contributed by atoms with E-state index in [2.05, 4.69) is 47.9 Å². The first kappa shape index (κ1) is 18.5. The molecule has 2 N–H and O–H groups in total. The molecule has 27 heavy (non-hydrogen) atoms. The predicted octanol–water partition coefficient (Wildman–Crippen LogP) is 5.14. The molecule has 0 bridgehead atoms. The molecule has 138 valence electrons. The van der Waals surface area contributed by atoms with E-state index in [4.69, 9.17) is 4.74 Å². The Morgan fingerprint density at radius 3 is 2.26 bits per heavy atom. The first-order chi connectivity index (χ1) is 13.1. The highest BCUT2D eigenvalue weighted by molar-refractivity contribution is 5.88. The van der Waals surface area contributed by atoms with E-state index in [1.807, 2.05) is 42.5 Å². The van der Waals surface area contributed by atoms with Gasteiger partial charge in [0.15, 0.2) is 0 Å². The van der Waals surface area contributed by atoms with Crippen LogP contribution in [-0.4, -0.2) is 5.91 Å². The van der Waals surface area contributed by atoms with E-state index in [0.717, 1.165) is 23.7 Å². The summed E-state index contributed by atoms with van der Waals surface area (Å²) in [5.41, 5.74) is 5.38. The first-order valence-electron chi connectivity index (χ1n) is 8.97. The van der Waals surface area contributed by atoms with Gasteiger partial charge in [0.2, 0.25) is 5.91 Å². The van der Waals surface area contributed by atoms with E-state index in [9.17, 15) is 4.79 Å². The van der Waals surface area contributed by atoms with Gasteiger partial charge in [0.1, 0.15) is 12.4 Å². The summed E-state index contributed by atoms with van der Waals surface area (Å²) in [5.74, 6) is 0.792.